The third-order valence-electron chi connectivity index (χ3n) is 4.58. The Morgan fingerprint density at radius 3 is 2.57 bits per heavy atom. The largest absolute Gasteiger partial charge is 0.477 e. The van der Waals surface area contributed by atoms with Crippen molar-refractivity contribution < 1.29 is 14.7 Å². The summed E-state index contributed by atoms with van der Waals surface area (Å²) in [7, 11) is 0. The second kappa shape index (κ2) is 8.31. The standard InChI is InChI=1S/C20H14Cl2N2O3.Na/c21-12-9-15(22)17-14(18(20(26)27)23-16(17)10-12)8-11-6-7-24(19(11)25)13-4-2-1-3-5-13;/h1-5,8-10,23H,6-7H2,(H,26,27);/b11-8+;. The number of aromatic nitrogens is 1. The zero-order valence-corrected chi connectivity index (χ0v) is 18.5. The van der Waals surface area contributed by atoms with Gasteiger partial charge in [-0.2, -0.15) is 0 Å². The van der Waals surface area contributed by atoms with E-state index in [0.717, 1.165) is 5.69 Å². The van der Waals surface area contributed by atoms with Crippen LogP contribution in [0.15, 0.2) is 48.0 Å². The second-order valence-electron chi connectivity index (χ2n) is 6.24. The van der Waals surface area contributed by atoms with Crippen LogP contribution in [0.5, 0.6) is 0 Å². The Morgan fingerprint density at radius 2 is 1.89 bits per heavy atom. The number of para-hydroxylation sites is 1. The maximum Gasteiger partial charge on any atom is 0.352 e. The van der Waals surface area contributed by atoms with Crippen LogP contribution in [0.2, 0.25) is 10.0 Å². The third-order valence-corrected chi connectivity index (χ3v) is 5.09. The van der Waals surface area contributed by atoms with Crippen LogP contribution in [-0.4, -0.2) is 58.1 Å². The van der Waals surface area contributed by atoms with E-state index in [2.05, 4.69) is 4.98 Å². The van der Waals surface area contributed by atoms with Crippen molar-refractivity contribution in [2.75, 3.05) is 11.4 Å². The van der Waals surface area contributed by atoms with E-state index in [1.165, 1.54) is 0 Å². The number of benzene rings is 2. The zero-order chi connectivity index (χ0) is 19.1. The minimum absolute atomic E-state index is 0. The van der Waals surface area contributed by atoms with Crippen molar-refractivity contribution >= 4 is 87.3 Å². The van der Waals surface area contributed by atoms with E-state index in [9.17, 15) is 14.7 Å². The summed E-state index contributed by atoms with van der Waals surface area (Å²) in [6.45, 7) is 0.541. The molecule has 1 amide bonds. The Balaban J connectivity index is 0.00000225. The molecule has 1 radical (unpaired) electrons. The van der Waals surface area contributed by atoms with E-state index in [1.807, 2.05) is 30.3 Å². The number of carboxylic acids is 1. The maximum absolute atomic E-state index is 12.8. The van der Waals surface area contributed by atoms with Crippen molar-refractivity contribution in [3.63, 3.8) is 0 Å². The molecule has 0 spiro atoms. The molecule has 137 valence electrons. The number of amides is 1. The number of rotatable bonds is 3. The smallest absolute Gasteiger partial charge is 0.352 e. The van der Waals surface area contributed by atoms with Gasteiger partial charge in [0.25, 0.3) is 5.91 Å². The number of hydrogen-bond donors (Lipinski definition) is 2. The number of carbonyl (C=O) groups excluding carboxylic acids is 1. The Morgan fingerprint density at radius 1 is 1.18 bits per heavy atom. The molecule has 1 aromatic heterocycles. The normalized spacial score (nSPS) is 15.3. The first-order valence-electron chi connectivity index (χ1n) is 8.27. The number of carboxylic acid groups (broad SMARTS) is 1. The van der Waals surface area contributed by atoms with Gasteiger partial charge in [0.1, 0.15) is 5.69 Å². The van der Waals surface area contributed by atoms with Gasteiger partial charge < -0.3 is 15.0 Å². The van der Waals surface area contributed by atoms with Crippen molar-refractivity contribution in [1.82, 2.24) is 4.98 Å². The molecule has 0 unspecified atom stereocenters. The van der Waals surface area contributed by atoms with E-state index in [0.29, 0.717) is 45.1 Å². The van der Waals surface area contributed by atoms with Crippen LogP contribution in [0.3, 0.4) is 0 Å². The molecule has 1 fully saturated rings. The molecule has 1 saturated heterocycles. The Bertz CT molecular complexity index is 1110. The van der Waals surface area contributed by atoms with Gasteiger partial charge in [-0.05, 0) is 36.8 Å². The minimum Gasteiger partial charge on any atom is -0.477 e. The molecule has 0 aliphatic carbocycles. The van der Waals surface area contributed by atoms with Crippen molar-refractivity contribution in [2.45, 2.75) is 6.42 Å². The quantitative estimate of drug-likeness (QED) is 0.477. The molecule has 0 atom stereocenters. The molecular weight excluding hydrogens is 410 g/mol. The first kappa shape index (κ1) is 21.0. The van der Waals surface area contributed by atoms with Crippen molar-refractivity contribution in [3.05, 3.63) is 69.3 Å². The summed E-state index contributed by atoms with van der Waals surface area (Å²) in [5, 5.41) is 10.8. The number of aromatic carboxylic acids is 1. The topological polar surface area (TPSA) is 73.4 Å². The third kappa shape index (κ3) is 3.73. The van der Waals surface area contributed by atoms with E-state index < -0.39 is 5.97 Å². The average Bonchev–Trinajstić information content (AvgIpc) is 3.17. The molecule has 2 heterocycles. The fourth-order valence-electron chi connectivity index (χ4n) is 3.36. The molecular formula is C20H14Cl2N2NaO3. The van der Waals surface area contributed by atoms with Gasteiger partial charge in [-0.25, -0.2) is 4.79 Å². The molecule has 0 saturated carbocycles. The summed E-state index contributed by atoms with van der Waals surface area (Å²) in [5.74, 6) is -1.27. The number of H-pyrrole nitrogens is 1. The van der Waals surface area contributed by atoms with Gasteiger partial charge in [-0.1, -0.05) is 41.4 Å². The number of aromatic amines is 1. The number of carbonyl (C=O) groups is 2. The van der Waals surface area contributed by atoms with Crippen LogP contribution in [-0.2, 0) is 4.79 Å². The predicted molar refractivity (Wildman–Crippen MR) is 112 cm³/mol. The number of hydrogen-bond acceptors (Lipinski definition) is 2. The van der Waals surface area contributed by atoms with Crippen molar-refractivity contribution in [3.8, 4) is 0 Å². The van der Waals surface area contributed by atoms with E-state index in [1.54, 1.807) is 23.1 Å². The molecule has 2 N–H and O–H groups in total. The summed E-state index contributed by atoms with van der Waals surface area (Å²) in [6.07, 6.45) is 2.14. The van der Waals surface area contributed by atoms with Gasteiger partial charge in [-0.3, -0.25) is 4.79 Å². The minimum atomic E-state index is -1.13. The number of halogens is 2. The van der Waals surface area contributed by atoms with Crippen LogP contribution in [0.1, 0.15) is 22.5 Å². The number of nitrogens with one attached hydrogen (secondary N) is 1. The van der Waals surface area contributed by atoms with Gasteiger partial charge in [0.15, 0.2) is 0 Å². The number of nitrogens with zero attached hydrogens (tertiary/aromatic N) is 1. The Labute approximate surface area is 193 Å². The molecule has 1 aliphatic heterocycles. The number of anilines is 1. The Hall–Kier alpha value is -1.76. The van der Waals surface area contributed by atoms with Crippen LogP contribution in [0, 0.1) is 0 Å². The van der Waals surface area contributed by atoms with Crippen LogP contribution >= 0.6 is 23.2 Å². The average molecular weight is 424 g/mol. The summed E-state index contributed by atoms with van der Waals surface area (Å²) in [5.41, 5.74) is 2.23. The molecule has 3 aromatic rings. The molecule has 28 heavy (non-hydrogen) atoms. The molecule has 0 bridgehead atoms. The molecule has 5 nitrogen and oxygen atoms in total. The zero-order valence-electron chi connectivity index (χ0n) is 15.0. The van der Waals surface area contributed by atoms with Gasteiger partial charge in [0.05, 0.1) is 5.02 Å². The van der Waals surface area contributed by atoms with Gasteiger partial charge in [-0.15, -0.1) is 0 Å². The van der Waals surface area contributed by atoms with Gasteiger partial charge in [0, 0.05) is 68.9 Å². The summed E-state index contributed by atoms with van der Waals surface area (Å²) in [4.78, 5) is 29.1. The molecule has 8 heteroatoms. The molecule has 1 aliphatic rings. The fraction of sp³-hybridized carbons (Fsp3) is 0.100. The first-order chi connectivity index (χ1) is 13.0. The summed E-state index contributed by atoms with van der Waals surface area (Å²) < 4.78 is 0. The first-order valence-corrected chi connectivity index (χ1v) is 9.03. The van der Waals surface area contributed by atoms with Crippen molar-refractivity contribution in [2.24, 2.45) is 0 Å². The SMILES string of the molecule is O=C(O)c1[nH]c2cc(Cl)cc(Cl)c2c1/C=C1\CCN(c2ccccc2)C1=O.[Na]. The van der Waals surface area contributed by atoms with Gasteiger partial charge >= 0.3 is 5.97 Å². The van der Waals surface area contributed by atoms with Crippen LogP contribution in [0.4, 0.5) is 5.69 Å². The van der Waals surface area contributed by atoms with E-state index in [4.69, 9.17) is 23.2 Å². The van der Waals surface area contributed by atoms with Gasteiger partial charge in [0.2, 0.25) is 0 Å². The van der Waals surface area contributed by atoms with Crippen molar-refractivity contribution in [1.29, 1.82) is 0 Å². The number of fused-ring (bicyclic) bond motifs is 1. The van der Waals surface area contributed by atoms with E-state index >= 15 is 0 Å². The Kier molecular flexibility index (Phi) is 6.22. The summed E-state index contributed by atoms with van der Waals surface area (Å²) >= 11 is 12.3. The fourth-order valence-corrected chi connectivity index (χ4v) is 3.96. The maximum atomic E-state index is 12.8. The second-order valence-corrected chi connectivity index (χ2v) is 7.08. The monoisotopic (exact) mass is 423 g/mol. The predicted octanol–water partition coefficient (Wildman–Crippen LogP) is 4.61. The van der Waals surface area contributed by atoms with E-state index in [-0.39, 0.29) is 41.2 Å². The van der Waals surface area contributed by atoms with Crippen LogP contribution in [0.25, 0.3) is 17.0 Å². The summed E-state index contributed by atoms with van der Waals surface area (Å²) in [6, 6.07) is 12.5. The molecule has 4 rings (SSSR count). The van der Waals surface area contributed by atoms with Crippen LogP contribution < -0.4 is 4.90 Å². The molecule has 2 aromatic carbocycles.